The molecule has 1 aliphatic rings. The molecule has 1 saturated heterocycles. The van der Waals surface area contributed by atoms with Crippen molar-refractivity contribution in [3.8, 4) is 0 Å². The van der Waals surface area contributed by atoms with Crippen LogP contribution in [-0.2, 0) is 4.79 Å². The van der Waals surface area contributed by atoms with Crippen LogP contribution in [0.2, 0.25) is 0 Å². The number of rotatable bonds is 4. The second-order valence-corrected chi connectivity index (χ2v) is 5.34. The van der Waals surface area contributed by atoms with E-state index in [1.165, 1.54) is 24.9 Å². The summed E-state index contributed by atoms with van der Waals surface area (Å²) in [5.74, 6) is -0.0161. The topological polar surface area (TPSA) is 32.3 Å². The minimum atomic E-state index is -0.0161. The zero-order valence-electron chi connectivity index (χ0n) is 12.5. The van der Waals surface area contributed by atoms with Crippen molar-refractivity contribution in [2.45, 2.75) is 39.5 Å². The molecule has 1 amide bonds. The number of hydrogen-bond donors (Lipinski definition) is 1. The molecule has 1 N–H and O–H groups in total. The highest BCUT2D eigenvalue weighted by Crippen LogP contribution is 2.22. The van der Waals surface area contributed by atoms with Crippen LogP contribution in [0.3, 0.4) is 0 Å². The van der Waals surface area contributed by atoms with Crippen molar-refractivity contribution in [3.05, 3.63) is 35.9 Å². The van der Waals surface area contributed by atoms with Crippen LogP contribution in [0, 0.1) is 0 Å². The number of benzene rings is 1. The van der Waals surface area contributed by atoms with E-state index in [9.17, 15) is 4.79 Å². The van der Waals surface area contributed by atoms with E-state index in [0.29, 0.717) is 0 Å². The van der Waals surface area contributed by atoms with E-state index in [4.69, 9.17) is 0 Å². The van der Waals surface area contributed by atoms with Gasteiger partial charge in [-0.15, -0.1) is 0 Å². The Kier molecular flexibility index (Phi) is 5.22. The fourth-order valence-electron chi connectivity index (χ4n) is 2.54. The Morgan fingerprint density at radius 3 is 2.45 bits per heavy atom. The molecule has 1 aromatic rings. The molecule has 0 bridgehead atoms. The van der Waals surface area contributed by atoms with Crippen molar-refractivity contribution in [2.75, 3.05) is 23.3 Å². The standard InChI is InChI=1S/C17H24N2O/c1-3-7-14(2)17(20)18-15-8-10-16(11-9-15)19-12-5-4-6-13-19/h7-11H,3-6,12-13H2,1-2H3,(H,18,20)/b14-7-. The van der Waals surface area contributed by atoms with Crippen LogP contribution >= 0.6 is 0 Å². The third kappa shape index (κ3) is 3.86. The first-order chi connectivity index (χ1) is 9.70. The second kappa shape index (κ2) is 7.13. The monoisotopic (exact) mass is 272 g/mol. The van der Waals surface area contributed by atoms with Crippen LogP contribution in [0.25, 0.3) is 0 Å². The summed E-state index contributed by atoms with van der Waals surface area (Å²) in [6.45, 7) is 6.17. The predicted octanol–water partition coefficient (Wildman–Crippen LogP) is 3.97. The molecule has 0 atom stereocenters. The highest BCUT2D eigenvalue weighted by molar-refractivity contribution is 6.03. The molecule has 0 unspecified atom stereocenters. The highest BCUT2D eigenvalue weighted by Gasteiger charge is 2.11. The number of nitrogens with zero attached hydrogens (tertiary/aromatic N) is 1. The van der Waals surface area contributed by atoms with Gasteiger partial charge in [0.1, 0.15) is 0 Å². The van der Waals surface area contributed by atoms with Gasteiger partial charge in [-0.1, -0.05) is 13.0 Å². The first-order valence-corrected chi connectivity index (χ1v) is 7.54. The molecular formula is C17H24N2O. The summed E-state index contributed by atoms with van der Waals surface area (Å²) in [6.07, 6.45) is 6.72. The summed E-state index contributed by atoms with van der Waals surface area (Å²) in [7, 11) is 0. The molecular weight excluding hydrogens is 248 g/mol. The number of carbonyl (C=O) groups is 1. The van der Waals surface area contributed by atoms with Crippen molar-refractivity contribution in [2.24, 2.45) is 0 Å². The fourth-order valence-corrected chi connectivity index (χ4v) is 2.54. The average molecular weight is 272 g/mol. The predicted molar refractivity (Wildman–Crippen MR) is 85.2 cm³/mol. The van der Waals surface area contributed by atoms with Gasteiger partial charge in [0.2, 0.25) is 0 Å². The van der Waals surface area contributed by atoms with Gasteiger partial charge in [-0.2, -0.15) is 0 Å². The molecule has 1 aromatic carbocycles. The molecule has 1 aliphatic heterocycles. The summed E-state index contributed by atoms with van der Waals surface area (Å²) < 4.78 is 0. The average Bonchev–Trinajstić information content (AvgIpc) is 2.49. The Bertz CT molecular complexity index is 470. The van der Waals surface area contributed by atoms with Crippen molar-refractivity contribution in [1.29, 1.82) is 0 Å². The van der Waals surface area contributed by atoms with Crippen molar-refractivity contribution in [1.82, 2.24) is 0 Å². The smallest absolute Gasteiger partial charge is 0.250 e. The Labute approximate surface area is 121 Å². The molecule has 0 aromatic heterocycles. The van der Waals surface area contributed by atoms with E-state index in [0.717, 1.165) is 30.8 Å². The summed E-state index contributed by atoms with van der Waals surface area (Å²) in [5, 5.41) is 2.93. The van der Waals surface area contributed by atoms with Crippen LogP contribution in [0.1, 0.15) is 39.5 Å². The summed E-state index contributed by atoms with van der Waals surface area (Å²) in [5.41, 5.74) is 2.88. The number of allylic oxidation sites excluding steroid dienone is 1. The van der Waals surface area contributed by atoms with E-state index in [-0.39, 0.29) is 5.91 Å². The van der Waals surface area contributed by atoms with Crippen LogP contribution in [0.5, 0.6) is 0 Å². The van der Waals surface area contributed by atoms with Crippen molar-refractivity contribution in [3.63, 3.8) is 0 Å². The minimum Gasteiger partial charge on any atom is -0.372 e. The van der Waals surface area contributed by atoms with Gasteiger partial charge in [0, 0.05) is 30.0 Å². The summed E-state index contributed by atoms with van der Waals surface area (Å²) in [4.78, 5) is 14.3. The lowest BCUT2D eigenvalue weighted by molar-refractivity contribution is -0.112. The molecule has 20 heavy (non-hydrogen) atoms. The molecule has 0 spiro atoms. The maximum absolute atomic E-state index is 11.9. The van der Waals surface area contributed by atoms with E-state index in [2.05, 4.69) is 22.3 Å². The molecule has 0 aliphatic carbocycles. The van der Waals surface area contributed by atoms with Gasteiger partial charge in [0.15, 0.2) is 0 Å². The minimum absolute atomic E-state index is 0.0161. The van der Waals surface area contributed by atoms with Gasteiger partial charge >= 0.3 is 0 Å². The summed E-state index contributed by atoms with van der Waals surface area (Å²) in [6, 6.07) is 8.17. The van der Waals surface area contributed by atoms with Gasteiger partial charge in [-0.3, -0.25) is 4.79 Å². The molecule has 1 heterocycles. The zero-order valence-corrected chi connectivity index (χ0v) is 12.5. The lowest BCUT2D eigenvalue weighted by Crippen LogP contribution is -2.29. The van der Waals surface area contributed by atoms with E-state index in [1.54, 1.807) is 0 Å². The number of hydrogen-bond acceptors (Lipinski definition) is 2. The maximum Gasteiger partial charge on any atom is 0.250 e. The quantitative estimate of drug-likeness (QED) is 0.841. The Morgan fingerprint density at radius 2 is 1.85 bits per heavy atom. The molecule has 3 heteroatoms. The third-order valence-electron chi connectivity index (χ3n) is 3.71. The van der Waals surface area contributed by atoms with E-state index in [1.807, 2.05) is 32.1 Å². The molecule has 2 rings (SSSR count). The van der Waals surface area contributed by atoms with Gasteiger partial charge in [0.25, 0.3) is 5.91 Å². The number of anilines is 2. The largest absolute Gasteiger partial charge is 0.372 e. The van der Waals surface area contributed by atoms with Crippen molar-refractivity contribution < 1.29 is 4.79 Å². The maximum atomic E-state index is 11.9. The zero-order chi connectivity index (χ0) is 14.4. The first-order valence-electron chi connectivity index (χ1n) is 7.54. The van der Waals surface area contributed by atoms with Crippen LogP contribution in [-0.4, -0.2) is 19.0 Å². The molecule has 0 radical (unpaired) electrons. The van der Waals surface area contributed by atoms with E-state index < -0.39 is 0 Å². The van der Waals surface area contributed by atoms with Gasteiger partial charge in [-0.05, 0) is 56.9 Å². The second-order valence-electron chi connectivity index (χ2n) is 5.34. The first kappa shape index (κ1) is 14.6. The normalized spacial score (nSPS) is 16.1. The van der Waals surface area contributed by atoms with Crippen LogP contribution < -0.4 is 10.2 Å². The number of amides is 1. The Hall–Kier alpha value is -1.77. The Morgan fingerprint density at radius 1 is 1.20 bits per heavy atom. The lowest BCUT2D eigenvalue weighted by Gasteiger charge is -2.28. The SMILES string of the molecule is CC/C=C(/C)C(=O)Nc1ccc(N2CCCCC2)cc1. The number of carbonyl (C=O) groups excluding carboxylic acids is 1. The van der Waals surface area contributed by atoms with Gasteiger partial charge < -0.3 is 10.2 Å². The molecule has 3 nitrogen and oxygen atoms in total. The molecule has 0 saturated carbocycles. The lowest BCUT2D eigenvalue weighted by atomic mass is 10.1. The van der Waals surface area contributed by atoms with Crippen LogP contribution in [0.4, 0.5) is 11.4 Å². The number of nitrogens with one attached hydrogen (secondary N) is 1. The fraction of sp³-hybridized carbons (Fsp3) is 0.471. The summed E-state index contributed by atoms with van der Waals surface area (Å²) >= 11 is 0. The Balaban J connectivity index is 1.97. The third-order valence-corrected chi connectivity index (χ3v) is 3.71. The van der Waals surface area contributed by atoms with E-state index >= 15 is 0 Å². The van der Waals surface area contributed by atoms with Gasteiger partial charge in [0.05, 0.1) is 0 Å². The van der Waals surface area contributed by atoms with Crippen LogP contribution in [0.15, 0.2) is 35.9 Å². The highest BCUT2D eigenvalue weighted by atomic mass is 16.1. The molecule has 1 fully saturated rings. The van der Waals surface area contributed by atoms with Gasteiger partial charge in [-0.25, -0.2) is 0 Å². The molecule has 108 valence electrons. The number of piperidine rings is 1. The van der Waals surface area contributed by atoms with Crippen molar-refractivity contribution >= 4 is 17.3 Å².